The molecule has 0 aromatic carbocycles. The Hall–Kier alpha value is -2.24. The Morgan fingerprint density at radius 2 is 2.08 bits per heavy atom. The molecule has 0 bridgehead atoms. The van der Waals surface area contributed by atoms with Crippen molar-refractivity contribution < 1.29 is 4.42 Å². The molecule has 0 N–H and O–H groups in total. The average Bonchev–Trinajstić information content (AvgIpc) is 2.97. The molecule has 24 heavy (non-hydrogen) atoms. The Morgan fingerprint density at radius 3 is 2.71 bits per heavy atom. The molecule has 0 aliphatic carbocycles. The van der Waals surface area contributed by atoms with Crippen molar-refractivity contribution in [1.82, 2.24) is 19.7 Å². The zero-order valence-corrected chi connectivity index (χ0v) is 14.7. The van der Waals surface area contributed by atoms with Crippen LogP contribution >= 0.6 is 12.2 Å². The van der Waals surface area contributed by atoms with Gasteiger partial charge in [0.1, 0.15) is 5.82 Å². The Morgan fingerprint density at radius 1 is 1.33 bits per heavy atom. The number of nitrogens with zero attached hydrogens (tertiary/aromatic N) is 6. The van der Waals surface area contributed by atoms with Crippen LogP contribution in [-0.4, -0.2) is 45.8 Å². The van der Waals surface area contributed by atoms with E-state index in [2.05, 4.69) is 26.0 Å². The standard InChI is InChI=1S/C16H20N6OS/c1-12(2)15-19-22(16(24)23-15)11-20-5-7-21(8-6-20)14-9-13(10-17)3-4-18-14/h3-4,9,12H,5-8,11H2,1-2H3. The number of rotatable bonds is 4. The van der Waals surface area contributed by atoms with E-state index >= 15 is 0 Å². The summed E-state index contributed by atoms with van der Waals surface area (Å²) in [4.78, 5) is 9.26. The molecular weight excluding hydrogens is 324 g/mol. The van der Waals surface area contributed by atoms with Crippen molar-refractivity contribution in [3.05, 3.63) is 34.6 Å². The van der Waals surface area contributed by atoms with Gasteiger partial charge in [0.05, 0.1) is 18.3 Å². The topological polar surface area (TPSA) is 74.1 Å². The molecule has 1 fully saturated rings. The van der Waals surface area contributed by atoms with Gasteiger partial charge in [-0.3, -0.25) is 4.90 Å². The molecule has 3 rings (SSSR count). The fourth-order valence-electron chi connectivity index (χ4n) is 2.61. The first-order valence-corrected chi connectivity index (χ1v) is 8.39. The molecule has 0 spiro atoms. The second-order valence-electron chi connectivity index (χ2n) is 6.12. The van der Waals surface area contributed by atoms with Crippen molar-refractivity contribution in [2.45, 2.75) is 26.4 Å². The highest BCUT2D eigenvalue weighted by Gasteiger charge is 2.20. The summed E-state index contributed by atoms with van der Waals surface area (Å²) < 4.78 is 7.27. The van der Waals surface area contributed by atoms with E-state index in [1.165, 1.54) is 0 Å². The fourth-order valence-corrected chi connectivity index (χ4v) is 2.80. The Balaban J connectivity index is 1.61. The van der Waals surface area contributed by atoms with Gasteiger partial charge in [0.15, 0.2) is 0 Å². The van der Waals surface area contributed by atoms with Gasteiger partial charge in [0.25, 0.3) is 4.84 Å². The first kappa shape index (κ1) is 16.6. The van der Waals surface area contributed by atoms with Crippen LogP contribution in [0.1, 0.15) is 31.2 Å². The Labute approximate surface area is 146 Å². The predicted octanol–water partition coefficient (Wildman–Crippen LogP) is 2.38. The van der Waals surface area contributed by atoms with Crippen molar-refractivity contribution in [3.63, 3.8) is 0 Å². The summed E-state index contributed by atoms with van der Waals surface area (Å²) in [5.74, 6) is 1.76. The predicted molar refractivity (Wildman–Crippen MR) is 92.2 cm³/mol. The number of hydrogen-bond acceptors (Lipinski definition) is 7. The molecule has 0 unspecified atom stereocenters. The lowest BCUT2D eigenvalue weighted by atomic mass is 10.2. The van der Waals surface area contributed by atoms with E-state index < -0.39 is 0 Å². The largest absolute Gasteiger partial charge is 0.414 e. The van der Waals surface area contributed by atoms with Gasteiger partial charge in [-0.2, -0.15) is 5.26 Å². The zero-order chi connectivity index (χ0) is 17.1. The summed E-state index contributed by atoms with van der Waals surface area (Å²) in [6.07, 6.45) is 1.68. The van der Waals surface area contributed by atoms with Crippen molar-refractivity contribution in [2.24, 2.45) is 0 Å². The van der Waals surface area contributed by atoms with Crippen molar-refractivity contribution >= 4 is 18.0 Å². The summed E-state index contributed by atoms with van der Waals surface area (Å²) in [6, 6.07) is 5.71. The number of anilines is 1. The van der Waals surface area contributed by atoms with Crippen LogP contribution in [0, 0.1) is 16.2 Å². The van der Waals surface area contributed by atoms with Gasteiger partial charge in [-0.1, -0.05) is 13.8 Å². The molecule has 3 heterocycles. The normalized spacial score (nSPS) is 15.7. The molecule has 0 atom stereocenters. The average molecular weight is 344 g/mol. The van der Waals surface area contributed by atoms with Gasteiger partial charge in [-0.05, 0) is 24.4 Å². The number of nitriles is 1. The molecule has 2 aromatic heterocycles. The maximum Gasteiger partial charge on any atom is 0.288 e. The quantitative estimate of drug-likeness (QED) is 0.788. The highest BCUT2D eigenvalue weighted by Crippen LogP contribution is 2.16. The minimum absolute atomic E-state index is 0.225. The summed E-state index contributed by atoms with van der Waals surface area (Å²) >= 11 is 5.24. The summed E-state index contributed by atoms with van der Waals surface area (Å²) in [5.41, 5.74) is 0.637. The molecular formula is C16H20N6OS. The van der Waals surface area contributed by atoms with E-state index in [4.69, 9.17) is 21.9 Å². The number of hydrogen-bond donors (Lipinski definition) is 0. The van der Waals surface area contributed by atoms with Gasteiger partial charge >= 0.3 is 0 Å². The third-order valence-electron chi connectivity index (χ3n) is 4.02. The molecule has 8 heteroatoms. The molecule has 1 saturated heterocycles. The Kier molecular flexibility index (Phi) is 4.92. The van der Waals surface area contributed by atoms with E-state index in [-0.39, 0.29) is 5.92 Å². The highest BCUT2D eigenvalue weighted by atomic mass is 32.1. The van der Waals surface area contributed by atoms with Crippen LogP contribution in [0.15, 0.2) is 22.7 Å². The molecule has 0 amide bonds. The van der Waals surface area contributed by atoms with Gasteiger partial charge in [-0.15, -0.1) is 5.10 Å². The van der Waals surface area contributed by atoms with Crippen LogP contribution in [-0.2, 0) is 6.67 Å². The first-order valence-electron chi connectivity index (χ1n) is 7.98. The molecule has 2 aromatic rings. The maximum absolute atomic E-state index is 9.00. The lowest BCUT2D eigenvalue weighted by Crippen LogP contribution is -2.47. The van der Waals surface area contributed by atoms with Crippen LogP contribution in [0.5, 0.6) is 0 Å². The Bertz CT molecular complexity index is 797. The lowest BCUT2D eigenvalue weighted by Gasteiger charge is -2.35. The zero-order valence-electron chi connectivity index (χ0n) is 13.8. The molecule has 126 valence electrons. The van der Waals surface area contributed by atoms with E-state index in [1.807, 2.05) is 19.9 Å². The van der Waals surface area contributed by atoms with Gasteiger partial charge < -0.3 is 9.32 Å². The minimum atomic E-state index is 0.225. The molecule has 0 radical (unpaired) electrons. The minimum Gasteiger partial charge on any atom is -0.414 e. The molecule has 1 aliphatic heterocycles. The van der Waals surface area contributed by atoms with Crippen molar-refractivity contribution in [1.29, 1.82) is 5.26 Å². The molecule has 7 nitrogen and oxygen atoms in total. The van der Waals surface area contributed by atoms with E-state index in [0.29, 0.717) is 23.0 Å². The fraction of sp³-hybridized carbons (Fsp3) is 0.500. The van der Waals surface area contributed by atoms with Crippen LogP contribution < -0.4 is 4.90 Å². The lowest BCUT2D eigenvalue weighted by molar-refractivity contribution is 0.192. The SMILES string of the molecule is CC(C)c1nn(CN2CCN(c3cc(C#N)ccn3)CC2)c(=S)o1. The van der Waals surface area contributed by atoms with Crippen molar-refractivity contribution in [2.75, 3.05) is 31.1 Å². The van der Waals surface area contributed by atoms with Crippen LogP contribution in [0.25, 0.3) is 0 Å². The second-order valence-corrected chi connectivity index (χ2v) is 6.47. The second kappa shape index (κ2) is 7.11. The van der Waals surface area contributed by atoms with E-state index in [0.717, 1.165) is 32.0 Å². The third-order valence-corrected chi connectivity index (χ3v) is 4.31. The van der Waals surface area contributed by atoms with Crippen LogP contribution in [0.4, 0.5) is 5.82 Å². The summed E-state index contributed by atoms with van der Waals surface area (Å²) in [5, 5.41) is 13.4. The van der Waals surface area contributed by atoms with Crippen molar-refractivity contribution in [3.8, 4) is 6.07 Å². The van der Waals surface area contributed by atoms with Gasteiger partial charge in [-0.25, -0.2) is 9.67 Å². The highest BCUT2D eigenvalue weighted by molar-refractivity contribution is 7.71. The number of pyridine rings is 1. The van der Waals surface area contributed by atoms with Crippen LogP contribution in [0.3, 0.4) is 0 Å². The molecule has 0 saturated carbocycles. The van der Waals surface area contributed by atoms with E-state index in [9.17, 15) is 0 Å². The van der Waals surface area contributed by atoms with Crippen LogP contribution in [0.2, 0.25) is 0 Å². The van der Waals surface area contributed by atoms with E-state index in [1.54, 1.807) is 16.9 Å². The maximum atomic E-state index is 9.00. The smallest absolute Gasteiger partial charge is 0.288 e. The monoisotopic (exact) mass is 344 g/mol. The number of aromatic nitrogens is 3. The first-order chi connectivity index (χ1) is 11.6. The summed E-state index contributed by atoms with van der Waals surface area (Å²) in [7, 11) is 0. The third kappa shape index (κ3) is 3.63. The number of piperazine rings is 1. The van der Waals surface area contributed by atoms with Gasteiger partial charge in [0.2, 0.25) is 5.89 Å². The molecule has 1 aliphatic rings. The summed E-state index contributed by atoms with van der Waals surface area (Å²) in [6.45, 7) is 8.16. The van der Waals surface area contributed by atoms with Gasteiger partial charge in [0, 0.05) is 38.3 Å².